The number of nitro groups is 1. The summed E-state index contributed by atoms with van der Waals surface area (Å²) < 4.78 is 1.75. The molecule has 1 N–H and O–H groups in total. The van der Waals surface area contributed by atoms with Crippen molar-refractivity contribution in [3.8, 4) is 0 Å². The molecule has 0 fully saturated rings. The van der Waals surface area contributed by atoms with E-state index in [2.05, 4.69) is 4.98 Å². The summed E-state index contributed by atoms with van der Waals surface area (Å²) in [7, 11) is 1.63. The molecule has 1 amide bonds. The average molecular weight is 412 g/mol. The average Bonchev–Trinajstić information content (AvgIpc) is 2.72. The predicted molar refractivity (Wildman–Crippen MR) is 113 cm³/mol. The topological polar surface area (TPSA) is 101 Å². The van der Waals surface area contributed by atoms with Gasteiger partial charge in [0.2, 0.25) is 0 Å². The number of fused-ring (bicyclic) bond motifs is 1. The fraction of sp³-hybridized carbons (Fsp3) is 0.250. The third kappa shape index (κ3) is 3.81. The molecule has 3 aromatic rings. The number of aromatic nitrogens is 2. The van der Waals surface area contributed by atoms with Gasteiger partial charge in [0, 0.05) is 31.3 Å². The summed E-state index contributed by atoms with van der Waals surface area (Å²) in [5.41, 5.74) is 1.30. The van der Waals surface area contributed by atoms with E-state index in [0.717, 1.165) is 0 Å². The van der Waals surface area contributed by atoms with E-state index in [1.807, 2.05) is 6.92 Å². The van der Waals surface area contributed by atoms with Gasteiger partial charge in [-0.3, -0.25) is 24.3 Å². The first kappa shape index (κ1) is 20.4. The van der Waals surface area contributed by atoms with Gasteiger partial charge in [-0.25, -0.2) is 0 Å². The molecule has 29 heavy (non-hydrogen) atoms. The third-order valence-electron chi connectivity index (χ3n) is 5.01. The highest BCUT2D eigenvalue weighted by molar-refractivity contribution is 7.71. The largest absolute Gasteiger partial charge is 0.335 e. The number of hydrogen-bond acceptors (Lipinski definition) is 5. The fourth-order valence-electron chi connectivity index (χ4n) is 3.18. The van der Waals surface area contributed by atoms with Crippen LogP contribution in [0.1, 0.15) is 35.8 Å². The lowest BCUT2D eigenvalue weighted by Crippen LogP contribution is -2.30. The maximum absolute atomic E-state index is 13.0. The molecule has 0 radical (unpaired) electrons. The molecule has 9 heteroatoms. The van der Waals surface area contributed by atoms with Crippen LogP contribution >= 0.6 is 12.2 Å². The van der Waals surface area contributed by atoms with Crippen molar-refractivity contribution >= 4 is 34.7 Å². The van der Waals surface area contributed by atoms with Gasteiger partial charge in [-0.05, 0) is 49.8 Å². The monoisotopic (exact) mass is 412 g/mol. The van der Waals surface area contributed by atoms with E-state index in [1.54, 1.807) is 44.3 Å². The Hall–Kier alpha value is -3.33. The Kier molecular flexibility index (Phi) is 5.60. The van der Waals surface area contributed by atoms with Crippen LogP contribution in [0.2, 0.25) is 0 Å². The Morgan fingerprint density at radius 3 is 2.69 bits per heavy atom. The lowest BCUT2D eigenvalue weighted by molar-refractivity contribution is -0.384. The molecule has 0 spiro atoms. The second kappa shape index (κ2) is 7.96. The van der Waals surface area contributed by atoms with Crippen LogP contribution in [0.5, 0.6) is 0 Å². The molecule has 8 nitrogen and oxygen atoms in total. The number of benzene rings is 2. The van der Waals surface area contributed by atoms with E-state index in [9.17, 15) is 19.7 Å². The van der Waals surface area contributed by atoms with Gasteiger partial charge in [0.05, 0.1) is 21.9 Å². The zero-order valence-electron chi connectivity index (χ0n) is 16.2. The van der Waals surface area contributed by atoms with Crippen molar-refractivity contribution in [1.82, 2.24) is 14.5 Å². The number of aromatic amines is 1. The molecule has 2 aromatic carbocycles. The second-order valence-corrected chi connectivity index (χ2v) is 7.07. The molecule has 3 rings (SSSR count). The number of amides is 1. The van der Waals surface area contributed by atoms with Crippen LogP contribution in [-0.4, -0.2) is 32.3 Å². The Balaban J connectivity index is 1.96. The number of rotatable bonds is 5. The van der Waals surface area contributed by atoms with Crippen LogP contribution in [-0.2, 0) is 6.54 Å². The Labute approximate surface area is 171 Å². The molecule has 0 saturated heterocycles. The summed E-state index contributed by atoms with van der Waals surface area (Å²) >= 11 is 5.22. The number of hydrogen-bond donors (Lipinski definition) is 1. The lowest BCUT2D eigenvalue weighted by Gasteiger charge is -2.25. The van der Waals surface area contributed by atoms with Crippen LogP contribution in [0, 0.1) is 14.9 Å². The van der Waals surface area contributed by atoms with Crippen LogP contribution in [0.15, 0.2) is 47.3 Å². The quantitative estimate of drug-likeness (QED) is 0.390. The number of nitro benzene ring substituents is 1. The number of non-ortho nitro benzene ring substituents is 1. The Bertz CT molecular complexity index is 1230. The smallest absolute Gasteiger partial charge is 0.269 e. The minimum absolute atomic E-state index is 0.0271. The fourth-order valence-corrected chi connectivity index (χ4v) is 3.50. The van der Waals surface area contributed by atoms with E-state index in [1.165, 1.54) is 21.6 Å². The van der Waals surface area contributed by atoms with Crippen LogP contribution < -0.4 is 5.56 Å². The molecule has 150 valence electrons. The zero-order chi connectivity index (χ0) is 21.3. The Morgan fingerprint density at radius 1 is 1.31 bits per heavy atom. The Morgan fingerprint density at radius 2 is 2.03 bits per heavy atom. The zero-order valence-corrected chi connectivity index (χ0v) is 17.0. The normalized spacial score (nSPS) is 12.0. The van der Waals surface area contributed by atoms with Gasteiger partial charge in [0.25, 0.3) is 17.2 Å². The molecule has 1 aromatic heterocycles. The molecule has 1 heterocycles. The first-order valence-corrected chi connectivity index (χ1v) is 9.43. The van der Waals surface area contributed by atoms with E-state index in [-0.39, 0.29) is 23.2 Å². The van der Waals surface area contributed by atoms with Crippen LogP contribution in [0.3, 0.4) is 0 Å². The number of H-pyrrole nitrogens is 1. The maximum Gasteiger partial charge on any atom is 0.269 e. The molecule has 0 aliphatic heterocycles. The minimum atomic E-state index is -0.466. The number of carbonyl (C=O) groups is 1. The van der Waals surface area contributed by atoms with Crippen molar-refractivity contribution in [2.45, 2.75) is 26.4 Å². The minimum Gasteiger partial charge on any atom is -0.335 e. The van der Waals surface area contributed by atoms with Gasteiger partial charge >= 0.3 is 0 Å². The van der Waals surface area contributed by atoms with E-state index in [4.69, 9.17) is 12.2 Å². The summed E-state index contributed by atoms with van der Waals surface area (Å²) in [5.74, 6) is -0.273. The van der Waals surface area contributed by atoms with Crippen molar-refractivity contribution in [2.24, 2.45) is 0 Å². The highest BCUT2D eigenvalue weighted by atomic mass is 32.1. The highest BCUT2D eigenvalue weighted by Gasteiger charge is 2.21. The van der Waals surface area contributed by atoms with E-state index in [0.29, 0.717) is 33.3 Å². The summed E-state index contributed by atoms with van der Waals surface area (Å²) in [6.45, 7) is 4.08. The van der Waals surface area contributed by atoms with Gasteiger partial charge in [-0.1, -0.05) is 12.1 Å². The molecule has 1 unspecified atom stereocenters. The molecule has 1 atom stereocenters. The van der Waals surface area contributed by atoms with E-state index >= 15 is 0 Å². The summed E-state index contributed by atoms with van der Waals surface area (Å²) in [5, 5.41) is 11.5. The summed E-state index contributed by atoms with van der Waals surface area (Å²) in [6, 6.07) is 10.6. The number of carbonyl (C=O) groups excluding carboxylic acids is 1. The molecule has 0 aliphatic rings. The van der Waals surface area contributed by atoms with Crippen molar-refractivity contribution in [1.29, 1.82) is 0 Å². The number of nitrogens with zero attached hydrogens (tertiary/aromatic N) is 3. The van der Waals surface area contributed by atoms with Crippen molar-refractivity contribution < 1.29 is 9.72 Å². The van der Waals surface area contributed by atoms with Gasteiger partial charge in [-0.2, -0.15) is 0 Å². The first-order valence-electron chi connectivity index (χ1n) is 9.03. The van der Waals surface area contributed by atoms with Crippen LogP contribution in [0.4, 0.5) is 5.69 Å². The van der Waals surface area contributed by atoms with Gasteiger partial charge < -0.3 is 9.88 Å². The lowest BCUT2D eigenvalue weighted by atomic mass is 10.0. The molecule has 0 bridgehead atoms. The summed E-state index contributed by atoms with van der Waals surface area (Å²) in [6.07, 6.45) is 0. The molecular weight excluding hydrogens is 392 g/mol. The van der Waals surface area contributed by atoms with Gasteiger partial charge in [0.15, 0.2) is 4.77 Å². The maximum atomic E-state index is 13.0. The van der Waals surface area contributed by atoms with Crippen molar-refractivity contribution in [3.05, 3.63) is 78.8 Å². The molecule has 0 saturated carbocycles. The summed E-state index contributed by atoms with van der Waals surface area (Å²) in [4.78, 5) is 40.5. The van der Waals surface area contributed by atoms with Gasteiger partial charge in [0.1, 0.15) is 0 Å². The van der Waals surface area contributed by atoms with Crippen molar-refractivity contribution in [3.63, 3.8) is 0 Å². The second-order valence-electron chi connectivity index (χ2n) is 6.68. The SMILES string of the molecule is CCn1c(=S)[nH]c2cc(C(=O)N(C)C(C)c3cccc([N+](=O)[O-])c3)ccc2c1=O. The van der Waals surface area contributed by atoms with Crippen LogP contribution in [0.25, 0.3) is 10.9 Å². The number of nitrogens with one attached hydrogen (secondary N) is 1. The molecular formula is C20H20N4O4S. The third-order valence-corrected chi connectivity index (χ3v) is 5.33. The van der Waals surface area contributed by atoms with E-state index < -0.39 is 4.92 Å². The first-order chi connectivity index (χ1) is 13.7. The highest BCUT2D eigenvalue weighted by Crippen LogP contribution is 2.24. The van der Waals surface area contributed by atoms with Crippen molar-refractivity contribution in [2.75, 3.05) is 7.05 Å². The predicted octanol–water partition coefficient (Wildman–Crippen LogP) is 3.82. The molecule has 0 aliphatic carbocycles. The van der Waals surface area contributed by atoms with Gasteiger partial charge in [-0.15, -0.1) is 0 Å². The standard InChI is InChI=1S/C20H20N4O4S/c1-4-23-19(26)16-9-8-14(11-17(16)21-20(23)29)18(25)22(3)12(2)13-6-5-7-15(10-13)24(27)28/h5-12H,4H2,1-3H3,(H,21,29).